The molecule has 1 fully saturated rings. The zero-order valence-corrected chi connectivity index (χ0v) is 29.0. The van der Waals surface area contributed by atoms with E-state index in [2.05, 4.69) is 101 Å². The number of carbonyl (C=O) groups is 1. The molecular formula is C34H50N4O3Si. The van der Waals surface area contributed by atoms with Crippen molar-refractivity contribution >= 4 is 21.5 Å². The number of rotatable bonds is 6. The van der Waals surface area contributed by atoms with Crippen LogP contribution in [-0.2, 0) is 9.16 Å². The fourth-order valence-electron chi connectivity index (χ4n) is 5.57. The van der Waals surface area contributed by atoms with Crippen LogP contribution >= 0.6 is 0 Å². The Bertz CT molecular complexity index is 1400. The van der Waals surface area contributed by atoms with Crippen LogP contribution in [0.25, 0.3) is 16.9 Å². The second-order valence-corrected chi connectivity index (χ2v) is 17.1. The third-order valence-electron chi connectivity index (χ3n) is 7.74. The molecule has 0 radical (unpaired) electrons. The van der Waals surface area contributed by atoms with Crippen LogP contribution < -0.4 is 4.90 Å². The Labute approximate surface area is 255 Å². The molecule has 2 aromatic heterocycles. The molecule has 1 aliphatic heterocycles. The molecule has 1 aromatic carbocycles. The van der Waals surface area contributed by atoms with E-state index in [1.165, 1.54) is 17.0 Å². The first-order valence-corrected chi connectivity index (χ1v) is 16.4. The number of hydrogen-bond acceptors (Lipinski definition) is 5. The Morgan fingerprint density at radius 2 is 1.57 bits per heavy atom. The van der Waals surface area contributed by atoms with E-state index in [1.807, 2.05) is 37.9 Å². The quantitative estimate of drug-likeness (QED) is 0.290. The van der Waals surface area contributed by atoms with E-state index in [0.29, 0.717) is 19.6 Å². The third kappa shape index (κ3) is 7.27. The van der Waals surface area contributed by atoms with E-state index < -0.39 is 21.0 Å². The van der Waals surface area contributed by atoms with Crippen LogP contribution in [0.3, 0.4) is 0 Å². The Balaban J connectivity index is 1.76. The van der Waals surface area contributed by atoms with Crippen molar-refractivity contribution in [2.45, 2.75) is 98.4 Å². The van der Waals surface area contributed by atoms with Crippen molar-refractivity contribution < 1.29 is 14.0 Å². The summed E-state index contributed by atoms with van der Waals surface area (Å²) in [5, 5.41) is 0.134. The predicted molar refractivity (Wildman–Crippen MR) is 176 cm³/mol. The van der Waals surface area contributed by atoms with Gasteiger partial charge >= 0.3 is 6.09 Å². The van der Waals surface area contributed by atoms with Crippen molar-refractivity contribution in [3.05, 3.63) is 65.6 Å². The summed E-state index contributed by atoms with van der Waals surface area (Å²) in [6, 6.07) is 14.9. The van der Waals surface area contributed by atoms with Gasteiger partial charge in [-0.3, -0.25) is 9.88 Å². The van der Waals surface area contributed by atoms with Gasteiger partial charge in [-0.25, -0.2) is 4.79 Å². The molecule has 3 aromatic rings. The number of anilines is 1. The van der Waals surface area contributed by atoms with Crippen LogP contribution in [0, 0.1) is 20.8 Å². The molecule has 0 unspecified atom stereocenters. The van der Waals surface area contributed by atoms with E-state index in [9.17, 15) is 4.79 Å². The van der Waals surface area contributed by atoms with Crippen LogP contribution in [0.15, 0.2) is 48.7 Å². The maximum absolute atomic E-state index is 13.5. The van der Waals surface area contributed by atoms with E-state index in [1.54, 1.807) is 0 Å². The van der Waals surface area contributed by atoms with Gasteiger partial charge < -0.3 is 18.6 Å². The van der Waals surface area contributed by atoms with Crippen LogP contribution in [0.1, 0.15) is 72.3 Å². The lowest BCUT2D eigenvalue weighted by Crippen LogP contribution is -2.64. The predicted octanol–water partition coefficient (Wildman–Crippen LogP) is 6.99. The highest BCUT2D eigenvalue weighted by molar-refractivity contribution is 6.31. The number of nitrogens with zero attached hydrogens (tertiary/aromatic N) is 4. The van der Waals surface area contributed by atoms with Crippen LogP contribution in [-0.4, -0.2) is 67.2 Å². The second-order valence-electron chi connectivity index (χ2n) is 14.4. The molecule has 1 atom stereocenters. The molecule has 1 aliphatic rings. The maximum atomic E-state index is 13.5. The normalized spacial score (nSPS) is 16.9. The van der Waals surface area contributed by atoms with Crippen LogP contribution in [0.5, 0.6) is 0 Å². The molecule has 0 spiro atoms. The topological polar surface area (TPSA) is 59.8 Å². The minimum atomic E-state index is -0.864. The molecular weight excluding hydrogens is 540 g/mol. The maximum Gasteiger partial charge on any atom is 0.410 e. The largest absolute Gasteiger partial charge is 0.444 e. The van der Waals surface area contributed by atoms with Gasteiger partial charge in [-0.2, -0.15) is 0 Å². The summed E-state index contributed by atoms with van der Waals surface area (Å²) in [7, 11) is -0.864. The second kappa shape index (κ2) is 11.9. The van der Waals surface area contributed by atoms with Gasteiger partial charge in [0.25, 0.3) is 0 Å². The summed E-state index contributed by atoms with van der Waals surface area (Å²) in [5.74, 6) is 0. The third-order valence-corrected chi connectivity index (χ3v) is 9.49. The summed E-state index contributed by atoms with van der Waals surface area (Å²) in [4.78, 5) is 22.7. The number of pyridine rings is 1. The summed E-state index contributed by atoms with van der Waals surface area (Å²) in [5.41, 5.74) is 6.65. The fraction of sp³-hybridized carbons (Fsp3) is 0.529. The number of benzene rings is 1. The van der Waals surface area contributed by atoms with Crippen molar-refractivity contribution in [1.82, 2.24) is 14.5 Å². The molecule has 3 heterocycles. The first-order valence-electron chi connectivity index (χ1n) is 15.1. The molecule has 7 nitrogen and oxygen atoms in total. The highest BCUT2D eigenvalue weighted by Gasteiger charge is 2.43. The van der Waals surface area contributed by atoms with Gasteiger partial charge in [0.2, 0.25) is 0 Å². The minimum Gasteiger partial charge on any atom is -0.444 e. The average molecular weight is 591 g/mol. The molecule has 1 saturated heterocycles. The molecule has 8 heteroatoms. The smallest absolute Gasteiger partial charge is 0.410 e. The Morgan fingerprint density at radius 3 is 2.19 bits per heavy atom. The number of ether oxygens (including phenoxy) is 1. The van der Waals surface area contributed by atoms with Gasteiger partial charge in [0.05, 0.1) is 28.7 Å². The molecule has 0 bridgehead atoms. The Hall–Kier alpha value is -3.10. The molecule has 0 N–H and O–H groups in total. The minimum absolute atomic E-state index is 0.134. The van der Waals surface area contributed by atoms with E-state index in [4.69, 9.17) is 14.1 Å². The molecule has 4 rings (SSSR count). The SMILES string of the molecule is Cc1ccc(-c2ncccc2N2CCN(C(=O)OC(C)(C)C)[C@@H](C(C)(C)O[SiH2]C(C)(C)C)C2)c(-n2c(C)ccc2C)c1. The highest BCUT2D eigenvalue weighted by atomic mass is 28.2. The van der Waals surface area contributed by atoms with Crippen molar-refractivity contribution in [2.75, 3.05) is 24.5 Å². The van der Waals surface area contributed by atoms with Gasteiger partial charge in [0.1, 0.15) is 5.60 Å². The van der Waals surface area contributed by atoms with Crippen molar-refractivity contribution in [1.29, 1.82) is 0 Å². The summed E-state index contributed by atoms with van der Waals surface area (Å²) in [6.45, 7) is 24.9. The van der Waals surface area contributed by atoms with Crippen molar-refractivity contribution in [3.8, 4) is 16.9 Å². The van der Waals surface area contributed by atoms with Crippen molar-refractivity contribution in [2.24, 2.45) is 0 Å². The number of piperazine rings is 1. The molecule has 1 amide bonds. The first kappa shape index (κ1) is 31.8. The number of amides is 1. The van der Waals surface area contributed by atoms with Crippen LogP contribution in [0.4, 0.5) is 10.5 Å². The number of aryl methyl sites for hydroxylation is 3. The van der Waals surface area contributed by atoms with E-state index >= 15 is 0 Å². The lowest BCUT2D eigenvalue weighted by atomic mass is 9.94. The summed E-state index contributed by atoms with van der Waals surface area (Å²) in [6.07, 6.45) is 1.58. The van der Waals surface area contributed by atoms with Gasteiger partial charge in [-0.05, 0) is 96.3 Å². The molecule has 228 valence electrons. The average Bonchev–Trinajstić information content (AvgIpc) is 3.23. The zero-order valence-electron chi connectivity index (χ0n) is 27.5. The van der Waals surface area contributed by atoms with Gasteiger partial charge in [0, 0.05) is 42.8 Å². The Morgan fingerprint density at radius 1 is 0.905 bits per heavy atom. The standard InChI is InChI=1S/C34H50N4O3Si/c1-23-14-17-26(28(21-23)38-24(2)15-16-25(38)3)30-27(13-12-18-35-30)36-19-20-37(31(39)40-32(4,5)6)29(22-36)34(10,11)41-42-33(7,8)9/h12-18,21,29H,19-20,22,42H2,1-11H3/t29-/m1/s1. The van der Waals surface area contributed by atoms with E-state index in [-0.39, 0.29) is 17.2 Å². The first-order chi connectivity index (χ1) is 19.5. The fourth-order valence-corrected chi connectivity index (χ4v) is 6.57. The lowest BCUT2D eigenvalue weighted by Gasteiger charge is -2.49. The Kier molecular flexibility index (Phi) is 9.00. The van der Waals surface area contributed by atoms with Gasteiger partial charge in [-0.1, -0.05) is 32.9 Å². The number of hydrogen-bond donors (Lipinski definition) is 0. The molecule has 0 aliphatic carbocycles. The van der Waals surface area contributed by atoms with Crippen LogP contribution in [0.2, 0.25) is 5.04 Å². The van der Waals surface area contributed by atoms with E-state index in [0.717, 1.165) is 22.6 Å². The zero-order chi connectivity index (χ0) is 31.0. The number of carbonyl (C=O) groups excluding carboxylic acids is 1. The van der Waals surface area contributed by atoms with Gasteiger partial charge in [0.15, 0.2) is 9.76 Å². The highest BCUT2D eigenvalue weighted by Crippen LogP contribution is 2.37. The number of aromatic nitrogens is 2. The molecule has 0 saturated carbocycles. The summed E-state index contributed by atoms with van der Waals surface area (Å²) >= 11 is 0. The monoisotopic (exact) mass is 590 g/mol. The van der Waals surface area contributed by atoms with Gasteiger partial charge in [-0.15, -0.1) is 0 Å². The lowest BCUT2D eigenvalue weighted by molar-refractivity contribution is -0.0296. The molecule has 42 heavy (non-hydrogen) atoms. The van der Waals surface area contributed by atoms with Crippen molar-refractivity contribution in [3.63, 3.8) is 0 Å². The summed E-state index contributed by atoms with van der Waals surface area (Å²) < 4.78 is 14.9.